The summed E-state index contributed by atoms with van der Waals surface area (Å²) in [5.74, 6) is 4.42. The number of carboxylic acids is 1. The molecule has 1 aromatic rings. The van der Waals surface area contributed by atoms with Crippen LogP contribution in [-0.4, -0.2) is 30.2 Å². The second-order valence-electron chi connectivity index (χ2n) is 3.75. The first-order valence-corrected chi connectivity index (χ1v) is 5.87. The van der Waals surface area contributed by atoms with Gasteiger partial charge in [0, 0.05) is 6.54 Å². The van der Waals surface area contributed by atoms with Crippen molar-refractivity contribution in [2.24, 2.45) is 0 Å². The molecule has 0 fully saturated rings. The molecule has 5 heteroatoms. The molecule has 0 spiro atoms. The number of nitrogens with one attached hydrogen (secondary N) is 2. The Morgan fingerprint density at radius 1 is 1.26 bits per heavy atom. The molecule has 0 aliphatic rings. The van der Waals surface area contributed by atoms with Crippen LogP contribution in [0, 0.1) is 11.8 Å². The first-order valence-electron chi connectivity index (χ1n) is 5.87. The van der Waals surface area contributed by atoms with Crippen LogP contribution in [0.15, 0.2) is 24.3 Å². The van der Waals surface area contributed by atoms with Gasteiger partial charge in [0.25, 0.3) is 0 Å². The maximum atomic E-state index is 11.3. The highest BCUT2D eigenvalue weighted by Gasteiger charge is 2.08. The number of hydrogen-bond donors (Lipinski definition) is 3. The van der Waals surface area contributed by atoms with Gasteiger partial charge < -0.3 is 15.7 Å². The molecule has 0 saturated heterocycles. The summed E-state index contributed by atoms with van der Waals surface area (Å²) in [7, 11) is 0. The smallest absolute Gasteiger partial charge is 0.335 e. The van der Waals surface area contributed by atoms with Crippen LogP contribution in [0.3, 0.4) is 0 Å². The number of carbonyl (C=O) groups excluding carboxylic acids is 1. The van der Waals surface area contributed by atoms with E-state index in [1.807, 2.05) is 0 Å². The molecule has 0 aliphatic heterocycles. The number of aromatic carboxylic acids is 1. The lowest BCUT2D eigenvalue weighted by atomic mass is 10.0. The van der Waals surface area contributed by atoms with Gasteiger partial charge >= 0.3 is 12.0 Å². The molecule has 1 aromatic carbocycles. The lowest BCUT2D eigenvalue weighted by molar-refractivity contribution is 0.0695. The maximum absolute atomic E-state index is 11.3. The summed E-state index contributed by atoms with van der Waals surface area (Å²) >= 11 is 0. The van der Waals surface area contributed by atoms with Crippen molar-refractivity contribution in [3.63, 3.8) is 0 Å². The number of amides is 2. The van der Waals surface area contributed by atoms with E-state index in [1.54, 1.807) is 31.2 Å². The lowest BCUT2D eigenvalue weighted by Crippen LogP contribution is -2.36. The quantitative estimate of drug-likeness (QED) is 0.697. The molecule has 19 heavy (non-hydrogen) atoms. The fraction of sp³-hybridized carbons (Fsp3) is 0.286. The average Bonchev–Trinajstić information content (AvgIpc) is 2.39. The summed E-state index contributed by atoms with van der Waals surface area (Å²) in [6.45, 7) is 2.37. The zero-order valence-electron chi connectivity index (χ0n) is 10.7. The highest BCUT2D eigenvalue weighted by atomic mass is 16.4. The SMILES string of the molecule is CC#CCNC(=O)NCCc1ccccc1C(=O)O. The van der Waals surface area contributed by atoms with Gasteiger partial charge in [-0.15, -0.1) is 5.92 Å². The zero-order valence-corrected chi connectivity index (χ0v) is 10.7. The van der Waals surface area contributed by atoms with E-state index in [4.69, 9.17) is 5.11 Å². The summed E-state index contributed by atoms with van der Waals surface area (Å²) in [6, 6.07) is 6.44. The number of benzene rings is 1. The molecule has 1 rings (SSSR count). The van der Waals surface area contributed by atoms with Crippen molar-refractivity contribution < 1.29 is 14.7 Å². The highest BCUT2D eigenvalue weighted by molar-refractivity contribution is 5.89. The molecule has 0 aliphatic carbocycles. The van der Waals surface area contributed by atoms with E-state index in [2.05, 4.69) is 22.5 Å². The van der Waals surface area contributed by atoms with Crippen LogP contribution in [0.5, 0.6) is 0 Å². The Hall–Kier alpha value is -2.48. The second-order valence-corrected chi connectivity index (χ2v) is 3.75. The lowest BCUT2D eigenvalue weighted by Gasteiger charge is -2.07. The summed E-state index contributed by atoms with van der Waals surface area (Å²) in [4.78, 5) is 22.3. The van der Waals surface area contributed by atoms with Crippen LogP contribution < -0.4 is 10.6 Å². The minimum atomic E-state index is -0.960. The van der Waals surface area contributed by atoms with Crippen LogP contribution in [0.2, 0.25) is 0 Å². The zero-order chi connectivity index (χ0) is 14.1. The van der Waals surface area contributed by atoms with Gasteiger partial charge in [-0.2, -0.15) is 0 Å². The summed E-state index contributed by atoms with van der Waals surface area (Å²) in [5, 5.41) is 14.2. The standard InChI is InChI=1S/C14H16N2O3/c1-2-3-9-15-14(19)16-10-8-11-6-4-5-7-12(11)13(17)18/h4-7H,8-10H2,1H3,(H,17,18)(H2,15,16,19). The predicted octanol–water partition coefficient (Wildman–Crippen LogP) is 1.25. The van der Waals surface area contributed by atoms with Gasteiger partial charge in [0.2, 0.25) is 0 Å². The fourth-order valence-corrected chi connectivity index (χ4v) is 1.53. The van der Waals surface area contributed by atoms with Gasteiger partial charge in [-0.3, -0.25) is 0 Å². The molecule has 2 amide bonds. The van der Waals surface area contributed by atoms with Crippen molar-refractivity contribution in [1.82, 2.24) is 10.6 Å². The molecule has 0 heterocycles. The van der Waals surface area contributed by atoms with Crippen LogP contribution in [0.4, 0.5) is 4.79 Å². The third-order valence-corrected chi connectivity index (χ3v) is 2.44. The van der Waals surface area contributed by atoms with E-state index >= 15 is 0 Å². The largest absolute Gasteiger partial charge is 0.478 e. The van der Waals surface area contributed by atoms with E-state index in [0.29, 0.717) is 25.1 Å². The normalized spacial score (nSPS) is 9.11. The Labute approximate surface area is 112 Å². The molecule has 0 bridgehead atoms. The van der Waals surface area contributed by atoms with Crippen molar-refractivity contribution in [2.45, 2.75) is 13.3 Å². The molecule has 0 aromatic heterocycles. The van der Waals surface area contributed by atoms with Gasteiger partial charge in [0.15, 0.2) is 0 Å². The molecule has 100 valence electrons. The summed E-state index contributed by atoms with van der Waals surface area (Å²) in [5.41, 5.74) is 0.963. The van der Waals surface area contributed by atoms with Gasteiger partial charge in [-0.25, -0.2) is 9.59 Å². The molecule has 0 radical (unpaired) electrons. The fourth-order valence-electron chi connectivity index (χ4n) is 1.53. The van der Waals surface area contributed by atoms with Gasteiger partial charge in [0.1, 0.15) is 0 Å². The molecule has 0 saturated carbocycles. The predicted molar refractivity (Wildman–Crippen MR) is 72.0 cm³/mol. The Morgan fingerprint density at radius 2 is 2.00 bits per heavy atom. The van der Waals surface area contributed by atoms with Gasteiger partial charge in [0.05, 0.1) is 12.1 Å². The van der Waals surface area contributed by atoms with Crippen molar-refractivity contribution in [1.29, 1.82) is 0 Å². The number of hydrogen-bond acceptors (Lipinski definition) is 2. The number of carboxylic acid groups (broad SMARTS) is 1. The van der Waals surface area contributed by atoms with Crippen LogP contribution >= 0.6 is 0 Å². The van der Waals surface area contributed by atoms with E-state index < -0.39 is 5.97 Å². The van der Waals surface area contributed by atoms with Crippen molar-refractivity contribution >= 4 is 12.0 Å². The summed E-state index contributed by atoms with van der Waals surface area (Å²) < 4.78 is 0. The average molecular weight is 260 g/mol. The van der Waals surface area contributed by atoms with Crippen molar-refractivity contribution in [3.8, 4) is 11.8 Å². The number of rotatable bonds is 5. The Bertz CT molecular complexity index is 515. The topological polar surface area (TPSA) is 78.4 Å². The van der Waals surface area contributed by atoms with Crippen molar-refractivity contribution in [3.05, 3.63) is 35.4 Å². The number of urea groups is 1. The second kappa shape index (κ2) is 7.77. The first kappa shape index (κ1) is 14.6. The van der Waals surface area contributed by atoms with Crippen LogP contribution in [0.25, 0.3) is 0 Å². The minimum Gasteiger partial charge on any atom is -0.478 e. The Balaban J connectivity index is 2.42. The molecule has 0 unspecified atom stereocenters. The van der Waals surface area contributed by atoms with E-state index in [-0.39, 0.29) is 11.6 Å². The Kier molecular flexibility index (Phi) is 5.96. The molecular weight excluding hydrogens is 244 g/mol. The number of carbonyl (C=O) groups is 2. The highest BCUT2D eigenvalue weighted by Crippen LogP contribution is 2.08. The van der Waals surface area contributed by atoms with E-state index in [9.17, 15) is 9.59 Å². The van der Waals surface area contributed by atoms with E-state index in [0.717, 1.165) is 0 Å². The maximum Gasteiger partial charge on any atom is 0.335 e. The third-order valence-electron chi connectivity index (χ3n) is 2.44. The van der Waals surface area contributed by atoms with E-state index in [1.165, 1.54) is 0 Å². The molecule has 3 N–H and O–H groups in total. The van der Waals surface area contributed by atoms with Crippen molar-refractivity contribution in [2.75, 3.05) is 13.1 Å². The van der Waals surface area contributed by atoms with Gasteiger partial charge in [-0.05, 0) is 25.0 Å². The third kappa shape index (κ3) is 5.13. The first-order chi connectivity index (χ1) is 9.15. The molecule has 5 nitrogen and oxygen atoms in total. The summed E-state index contributed by atoms with van der Waals surface area (Å²) in [6.07, 6.45) is 0.468. The van der Waals surface area contributed by atoms with Gasteiger partial charge in [-0.1, -0.05) is 24.1 Å². The Morgan fingerprint density at radius 3 is 2.68 bits per heavy atom. The minimum absolute atomic E-state index is 0.265. The van der Waals surface area contributed by atoms with Crippen LogP contribution in [-0.2, 0) is 6.42 Å². The molecule has 0 atom stereocenters. The van der Waals surface area contributed by atoms with Crippen LogP contribution in [0.1, 0.15) is 22.8 Å². The molecular formula is C14H16N2O3. The monoisotopic (exact) mass is 260 g/mol.